The van der Waals surface area contributed by atoms with Crippen LogP contribution in [0.3, 0.4) is 0 Å². The van der Waals surface area contributed by atoms with E-state index in [1.807, 2.05) is 20.8 Å². The van der Waals surface area contributed by atoms with Crippen molar-refractivity contribution in [3.63, 3.8) is 0 Å². The van der Waals surface area contributed by atoms with Gasteiger partial charge in [0.05, 0.1) is 17.6 Å². The van der Waals surface area contributed by atoms with E-state index < -0.39 is 17.6 Å². The van der Waals surface area contributed by atoms with E-state index in [4.69, 9.17) is 9.84 Å². The Bertz CT molecular complexity index is 623. The zero-order valence-electron chi connectivity index (χ0n) is 19.4. The molecule has 2 rings (SSSR count). The van der Waals surface area contributed by atoms with E-state index in [-0.39, 0.29) is 43.4 Å². The first-order chi connectivity index (χ1) is 14.1. The summed E-state index contributed by atoms with van der Waals surface area (Å²) in [4.78, 5) is 12.8. The summed E-state index contributed by atoms with van der Waals surface area (Å²) in [5, 5.41) is 29.2. The number of carbonyl (C=O) groups is 1. The molecule has 2 aliphatic rings. The van der Waals surface area contributed by atoms with Gasteiger partial charge in [0.1, 0.15) is 6.10 Å². The largest absolute Gasteiger partial charge is 0.461 e. The number of aliphatic hydroxyl groups is 3. The van der Waals surface area contributed by atoms with Gasteiger partial charge < -0.3 is 20.1 Å². The van der Waals surface area contributed by atoms with Crippen LogP contribution in [-0.2, 0) is 9.53 Å². The number of aliphatic hydroxyl groups excluding tert-OH is 3. The summed E-state index contributed by atoms with van der Waals surface area (Å²) in [6.07, 6.45) is 8.84. The summed E-state index contributed by atoms with van der Waals surface area (Å²) < 4.78 is 6.12. The van der Waals surface area contributed by atoms with E-state index >= 15 is 0 Å². The zero-order valence-corrected chi connectivity index (χ0v) is 19.4. The van der Waals surface area contributed by atoms with Crippen molar-refractivity contribution in [1.29, 1.82) is 0 Å². The van der Waals surface area contributed by atoms with Gasteiger partial charge in [-0.1, -0.05) is 39.0 Å². The van der Waals surface area contributed by atoms with Crippen LogP contribution in [0.2, 0.25) is 0 Å². The predicted octanol–water partition coefficient (Wildman–Crippen LogP) is 4.01. The van der Waals surface area contributed by atoms with Crippen molar-refractivity contribution in [2.45, 2.75) is 91.5 Å². The molecule has 0 fully saturated rings. The second-order valence-electron chi connectivity index (χ2n) is 10.1. The zero-order chi connectivity index (χ0) is 22.5. The van der Waals surface area contributed by atoms with Crippen LogP contribution in [0, 0.1) is 29.1 Å². The lowest BCUT2D eigenvalue weighted by molar-refractivity contribution is -0.164. The molecule has 0 aliphatic heterocycles. The van der Waals surface area contributed by atoms with E-state index in [9.17, 15) is 15.0 Å². The van der Waals surface area contributed by atoms with E-state index in [1.165, 1.54) is 5.57 Å². The summed E-state index contributed by atoms with van der Waals surface area (Å²) in [7, 11) is 0. The highest BCUT2D eigenvalue weighted by Crippen LogP contribution is 2.45. The van der Waals surface area contributed by atoms with Crippen LogP contribution in [0.4, 0.5) is 0 Å². The summed E-state index contributed by atoms with van der Waals surface area (Å²) in [6, 6.07) is 0. The predicted molar refractivity (Wildman–Crippen MR) is 119 cm³/mol. The molecule has 0 amide bonds. The van der Waals surface area contributed by atoms with Gasteiger partial charge >= 0.3 is 5.97 Å². The molecule has 2 aliphatic carbocycles. The molecular weight excluding hydrogens is 380 g/mol. The lowest BCUT2D eigenvalue weighted by Gasteiger charge is -2.44. The Labute approximate surface area is 182 Å². The Kier molecular flexibility index (Phi) is 9.13. The molecule has 172 valence electrons. The maximum absolute atomic E-state index is 12.8. The average Bonchev–Trinajstić information content (AvgIpc) is 2.67. The van der Waals surface area contributed by atoms with Crippen molar-refractivity contribution >= 4 is 5.97 Å². The maximum atomic E-state index is 12.8. The van der Waals surface area contributed by atoms with Crippen molar-refractivity contribution in [2.24, 2.45) is 29.1 Å². The van der Waals surface area contributed by atoms with E-state index in [0.29, 0.717) is 18.3 Å². The van der Waals surface area contributed by atoms with Gasteiger partial charge in [-0.15, -0.1) is 0 Å². The van der Waals surface area contributed by atoms with Crippen LogP contribution < -0.4 is 0 Å². The fraction of sp³-hybridized carbons (Fsp3) is 0.800. The monoisotopic (exact) mass is 422 g/mol. The van der Waals surface area contributed by atoms with Crippen LogP contribution in [0.1, 0.15) is 73.1 Å². The molecule has 30 heavy (non-hydrogen) atoms. The number of rotatable bonds is 10. The third-order valence-electron chi connectivity index (χ3n) is 7.13. The third-order valence-corrected chi connectivity index (χ3v) is 7.13. The number of allylic oxidation sites excluding steroid dienone is 3. The molecule has 5 heteroatoms. The maximum Gasteiger partial charge on any atom is 0.311 e. The minimum Gasteiger partial charge on any atom is -0.461 e. The number of esters is 1. The van der Waals surface area contributed by atoms with Gasteiger partial charge in [0.15, 0.2) is 0 Å². The standard InChI is InChI=1S/C25H42O5/c1-6-25(4,5)24(29)30-22-14-16(2)13-18-8-7-17(3)21(23(18)22)10-9-19(27)15-20(28)11-12-26/h7-8,13,16-17,19-23,26-28H,6,9-12,14-15H2,1-5H3/t16?,17-,19?,20-,21-,22-,23?/m0/s1. The van der Waals surface area contributed by atoms with Crippen molar-refractivity contribution in [1.82, 2.24) is 0 Å². The molecule has 0 aromatic rings. The minimum atomic E-state index is -0.676. The van der Waals surface area contributed by atoms with Gasteiger partial charge in [-0.3, -0.25) is 4.79 Å². The highest BCUT2D eigenvalue weighted by molar-refractivity contribution is 5.76. The molecule has 3 N–H and O–H groups in total. The molecule has 0 bridgehead atoms. The summed E-state index contributed by atoms with van der Waals surface area (Å²) in [6.45, 7) is 10.2. The third kappa shape index (κ3) is 6.41. The summed E-state index contributed by atoms with van der Waals surface area (Å²) in [5.74, 6) is 0.983. The average molecular weight is 423 g/mol. The van der Waals surface area contributed by atoms with Crippen molar-refractivity contribution < 1.29 is 24.9 Å². The molecule has 0 saturated heterocycles. The normalized spacial score (nSPS) is 30.9. The summed E-state index contributed by atoms with van der Waals surface area (Å²) >= 11 is 0. The number of fused-ring (bicyclic) bond motifs is 1. The van der Waals surface area contributed by atoms with Crippen molar-refractivity contribution in [3.05, 3.63) is 23.8 Å². The van der Waals surface area contributed by atoms with Crippen LogP contribution in [-0.4, -0.2) is 46.2 Å². The fourth-order valence-electron chi connectivity index (χ4n) is 4.75. The van der Waals surface area contributed by atoms with Crippen LogP contribution >= 0.6 is 0 Å². The highest BCUT2D eigenvalue weighted by atomic mass is 16.5. The van der Waals surface area contributed by atoms with E-state index in [2.05, 4.69) is 32.1 Å². The Morgan fingerprint density at radius 3 is 2.53 bits per heavy atom. The lowest BCUT2D eigenvalue weighted by atomic mass is 9.65. The van der Waals surface area contributed by atoms with Gasteiger partial charge in [-0.2, -0.15) is 0 Å². The second-order valence-corrected chi connectivity index (χ2v) is 10.1. The Balaban J connectivity index is 2.13. The number of ether oxygens (including phenoxy) is 1. The Morgan fingerprint density at radius 1 is 1.23 bits per heavy atom. The van der Waals surface area contributed by atoms with Crippen molar-refractivity contribution in [3.8, 4) is 0 Å². The smallest absolute Gasteiger partial charge is 0.311 e. The fourth-order valence-corrected chi connectivity index (χ4v) is 4.75. The Morgan fingerprint density at radius 2 is 1.90 bits per heavy atom. The van der Waals surface area contributed by atoms with Gasteiger partial charge in [-0.05, 0) is 75.7 Å². The molecule has 0 aromatic carbocycles. The van der Waals surface area contributed by atoms with Crippen LogP contribution in [0.15, 0.2) is 23.8 Å². The first-order valence-corrected chi connectivity index (χ1v) is 11.7. The number of carbonyl (C=O) groups excluding carboxylic acids is 1. The molecule has 0 spiro atoms. The number of hydrogen-bond acceptors (Lipinski definition) is 5. The molecule has 0 saturated carbocycles. The molecule has 3 unspecified atom stereocenters. The van der Waals surface area contributed by atoms with E-state index in [0.717, 1.165) is 19.3 Å². The molecule has 0 heterocycles. The molecule has 7 atom stereocenters. The molecule has 0 aromatic heterocycles. The first kappa shape index (κ1) is 25.1. The molecule has 5 nitrogen and oxygen atoms in total. The number of hydrogen-bond donors (Lipinski definition) is 3. The van der Waals surface area contributed by atoms with Crippen molar-refractivity contribution in [2.75, 3.05) is 6.61 Å². The topological polar surface area (TPSA) is 87.0 Å². The molecule has 0 radical (unpaired) electrons. The highest BCUT2D eigenvalue weighted by Gasteiger charge is 2.42. The Hall–Kier alpha value is -1.17. The lowest BCUT2D eigenvalue weighted by Crippen LogP contribution is -2.43. The van der Waals surface area contributed by atoms with Gasteiger partial charge in [0, 0.05) is 12.5 Å². The van der Waals surface area contributed by atoms with Crippen LogP contribution in [0.5, 0.6) is 0 Å². The van der Waals surface area contributed by atoms with E-state index in [1.54, 1.807) is 0 Å². The van der Waals surface area contributed by atoms with Gasteiger partial charge in [-0.25, -0.2) is 0 Å². The SMILES string of the molecule is CCC(C)(C)C(=O)O[C@H]1CC(C)C=C2C=C[C@H](C)[C@H](CCC(O)C[C@@H](O)CCO)C21. The van der Waals surface area contributed by atoms with Crippen LogP contribution in [0.25, 0.3) is 0 Å². The van der Waals surface area contributed by atoms with Gasteiger partial charge in [0.2, 0.25) is 0 Å². The molecular formula is C25H42O5. The first-order valence-electron chi connectivity index (χ1n) is 11.7. The summed E-state index contributed by atoms with van der Waals surface area (Å²) in [5.41, 5.74) is 0.758. The minimum absolute atomic E-state index is 0.0755. The second kappa shape index (κ2) is 10.9. The van der Waals surface area contributed by atoms with Gasteiger partial charge in [0.25, 0.3) is 0 Å². The quantitative estimate of drug-likeness (QED) is 0.463.